The number of nitrogens with zero attached hydrogens (tertiary/aromatic N) is 1. The monoisotopic (exact) mass is 394 g/mol. The quantitative estimate of drug-likeness (QED) is 0.275. The molecular weight excluding hydrogens is 366 g/mol. The molecule has 2 aliphatic rings. The van der Waals surface area contributed by atoms with Crippen LogP contribution in [-0.4, -0.2) is 0 Å². The van der Waals surface area contributed by atoms with Crippen LogP contribution < -0.4 is 9.30 Å². The lowest BCUT2D eigenvalue weighted by Gasteiger charge is -2.25. The number of hydrogen-bond donors (Lipinski definition) is 0. The summed E-state index contributed by atoms with van der Waals surface area (Å²) in [6.07, 6.45) is 5.30. The highest BCUT2D eigenvalue weighted by molar-refractivity contribution is 6.06. The summed E-state index contributed by atoms with van der Waals surface area (Å²) in [7, 11) is 2.19. The Hall–Kier alpha value is -2.87. The van der Waals surface area contributed by atoms with Gasteiger partial charge in [-0.25, -0.2) is 0 Å². The van der Waals surface area contributed by atoms with Gasteiger partial charge in [-0.15, -0.1) is 0 Å². The lowest BCUT2D eigenvalue weighted by atomic mass is 9.87. The van der Waals surface area contributed by atoms with E-state index in [0.717, 1.165) is 11.5 Å². The second-order valence-corrected chi connectivity index (χ2v) is 9.26. The van der Waals surface area contributed by atoms with Gasteiger partial charge in [0, 0.05) is 18.6 Å². The lowest BCUT2D eigenvalue weighted by Crippen LogP contribution is -2.36. The van der Waals surface area contributed by atoms with E-state index in [1.165, 1.54) is 80.9 Å². The van der Waals surface area contributed by atoms with Gasteiger partial charge in [-0.3, -0.25) is 0 Å². The number of benzene rings is 3. The molecule has 0 unspecified atom stereocenters. The van der Waals surface area contributed by atoms with Gasteiger partial charge in [-0.05, 0) is 66.0 Å². The molecule has 0 saturated heterocycles. The SMILES string of the molecule is Cc1c2c(c(C)c3ccccc13)-c1c3c(cc(C4CCCC4)cc3cc(C)[n+]1C)O2. The molecule has 30 heavy (non-hydrogen) atoms. The Kier molecular flexibility index (Phi) is 3.78. The van der Waals surface area contributed by atoms with E-state index in [1.54, 1.807) is 0 Å². The molecule has 1 aliphatic heterocycles. The number of hydrogen-bond acceptors (Lipinski definition) is 1. The van der Waals surface area contributed by atoms with Gasteiger partial charge in [-0.2, -0.15) is 4.57 Å². The largest absolute Gasteiger partial charge is 0.455 e. The van der Waals surface area contributed by atoms with Crippen molar-refractivity contribution >= 4 is 21.5 Å². The van der Waals surface area contributed by atoms with Crippen molar-refractivity contribution in [2.75, 3.05) is 0 Å². The molecule has 0 radical (unpaired) electrons. The summed E-state index contributed by atoms with van der Waals surface area (Å²) in [4.78, 5) is 0. The molecule has 3 aromatic carbocycles. The molecule has 1 fully saturated rings. The van der Waals surface area contributed by atoms with Crippen LogP contribution in [0.15, 0.2) is 42.5 Å². The smallest absolute Gasteiger partial charge is 0.228 e. The van der Waals surface area contributed by atoms with Gasteiger partial charge in [0.2, 0.25) is 5.69 Å². The Bertz CT molecular complexity index is 1360. The Labute approximate surface area is 178 Å². The zero-order chi connectivity index (χ0) is 20.6. The van der Waals surface area contributed by atoms with E-state index in [-0.39, 0.29) is 0 Å². The molecule has 0 amide bonds. The third-order valence-electron chi connectivity index (χ3n) is 7.57. The number of rotatable bonds is 1. The van der Waals surface area contributed by atoms with Crippen molar-refractivity contribution in [3.05, 3.63) is 64.8 Å². The van der Waals surface area contributed by atoms with Gasteiger partial charge in [0.05, 0.1) is 10.9 Å². The average Bonchev–Trinajstić information content (AvgIpc) is 3.30. The van der Waals surface area contributed by atoms with Crippen molar-refractivity contribution < 1.29 is 9.30 Å². The number of ether oxygens (including phenoxy) is 1. The average molecular weight is 395 g/mol. The van der Waals surface area contributed by atoms with Crippen molar-refractivity contribution in [2.45, 2.75) is 52.4 Å². The van der Waals surface area contributed by atoms with Crippen LogP contribution in [0.5, 0.6) is 11.5 Å². The van der Waals surface area contributed by atoms with E-state index in [0.29, 0.717) is 5.92 Å². The second kappa shape index (κ2) is 6.31. The Morgan fingerprint density at radius 1 is 0.900 bits per heavy atom. The zero-order valence-corrected chi connectivity index (χ0v) is 18.3. The van der Waals surface area contributed by atoms with Crippen LogP contribution in [0.25, 0.3) is 32.8 Å². The molecule has 2 nitrogen and oxygen atoms in total. The number of fused-ring (bicyclic) bond motifs is 3. The Balaban J connectivity index is 1.75. The first-order chi connectivity index (χ1) is 14.5. The molecule has 4 aromatic rings. The normalized spacial score (nSPS) is 15.6. The van der Waals surface area contributed by atoms with E-state index in [1.807, 2.05) is 0 Å². The van der Waals surface area contributed by atoms with Crippen molar-refractivity contribution in [1.82, 2.24) is 0 Å². The van der Waals surface area contributed by atoms with Crippen molar-refractivity contribution in [2.24, 2.45) is 7.05 Å². The third-order valence-corrected chi connectivity index (χ3v) is 7.57. The van der Waals surface area contributed by atoms with Crippen LogP contribution in [0.3, 0.4) is 0 Å². The van der Waals surface area contributed by atoms with Gasteiger partial charge < -0.3 is 4.74 Å². The van der Waals surface area contributed by atoms with E-state index >= 15 is 0 Å². The van der Waals surface area contributed by atoms with Gasteiger partial charge in [0.25, 0.3) is 0 Å². The number of aryl methyl sites for hydroxylation is 3. The van der Waals surface area contributed by atoms with Crippen molar-refractivity contribution in [3.63, 3.8) is 0 Å². The van der Waals surface area contributed by atoms with E-state index < -0.39 is 0 Å². The number of aromatic nitrogens is 1. The summed E-state index contributed by atoms with van der Waals surface area (Å²) >= 11 is 0. The molecule has 0 bridgehead atoms. The Morgan fingerprint density at radius 3 is 2.33 bits per heavy atom. The van der Waals surface area contributed by atoms with Gasteiger partial charge >= 0.3 is 0 Å². The summed E-state index contributed by atoms with van der Waals surface area (Å²) in [5.41, 5.74) is 7.82. The van der Waals surface area contributed by atoms with Gasteiger partial charge in [0.15, 0.2) is 5.69 Å². The number of pyridine rings is 1. The highest BCUT2D eigenvalue weighted by Gasteiger charge is 2.33. The minimum Gasteiger partial charge on any atom is -0.455 e. The van der Waals surface area contributed by atoms with Crippen molar-refractivity contribution in [1.29, 1.82) is 0 Å². The topological polar surface area (TPSA) is 13.1 Å². The van der Waals surface area contributed by atoms with E-state index in [4.69, 9.17) is 4.74 Å². The van der Waals surface area contributed by atoms with Crippen LogP contribution in [0.4, 0.5) is 0 Å². The van der Waals surface area contributed by atoms with Crippen LogP contribution in [-0.2, 0) is 7.05 Å². The second-order valence-electron chi connectivity index (χ2n) is 9.26. The minimum absolute atomic E-state index is 0.674. The maximum atomic E-state index is 6.75. The molecular formula is C28H28NO+. The summed E-state index contributed by atoms with van der Waals surface area (Å²) in [6.45, 7) is 6.67. The van der Waals surface area contributed by atoms with Gasteiger partial charge in [-0.1, -0.05) is 43.2 Å². The summed E-state index contributed by atoms with van der Waals surface area (Å²) in [6, 6.07) is 15.8. The highest BCUT2D eigenvalue weighted by Crippen LogP contribution is 2.51. The zero-order valence-electron chi connectivity index (χ0n) is 18.3. The summed E-state index contributed by atoms with van der Waals surface area (Å²) in [5.74, 6) is 2.74. The maximum absolute atomic E-state index is 6.75. The minimum atomic E-state index is 0.674. The third kappa shape index (κ3) is 2.34. The van der Waals surface area contributed by atoms with Crippen LogP contribution in [0.1, 0.15) is 54.0 Å². The molecule has 6 rings (SSSR count). The fourth-order valence-electron chi connectivity index (χ4n) is 5.83. The van der Waals surface area contributed by atoms with Gasteiger partial charge in [0.1, 0.15) is 18.5 Å². The van der Waals surface area contributed by atoms with Crippen LogP contribution >= 0.6 is 0 Å². The predicted molar refractivity (Wildman–Crippen MR) is 124 cm³/mol. The summed E-state index contributed by atoms with van der Waals surface area (Å²) in [5, 5.41) is 5.18. The molecule has 0 spiro atoms. The molecule has 1 saturated carbocycles. The van der Waals surface area contributed by atoms with E-state index in [9.17, 15) is 0 Å². The van der Waals surface area contributed by atoms with E-state index in [2.05, 4.69) is 74.9 Å². The lowest BCUT2D eigenvalue weighted by molar-refractivity contribution is -0.665. The Morgan fingerprint density at radius 2 is 1.60 bits per heavy atom. The molecule has 150 valence electrons. The first-order valence-electron chi connectivity index (χ1n) is 11.2. The maximum Gasteiger partial charge on any atom is 0.228 e. The molecule has 1 aliphatic carbocycles. The highest BCUT2D eigenvalue weighted by atomic mass is 16.5. The first-order valence-corrected chi connectivity index (χ1v) is 11.2. The van der Waals surface area contributed by atoms with Crippen LogP contribution in [0.2, 0.25) is 0 Å². The molecule has 2 heteroatoms. The fourth-order valence-corrected chi connectivity index (χ4v) is 5.83. The molecule has 0 atom stereocenters. The first kappa shape index (κ1) is 17.9. The predicted octanol–water partition coefficient (Wildman–Crippen LogP) is 7.17. The molecule has 0 N–H and O–H groups in total. The molecule has 2 heterocycles. The van der Waals surface area contributed by atoms with Crippen molar-refractivity contribution in [3.8, 4) is 22.8 Å². The van der Waals surface area contributed by atoms with Crippen LogP contribution in [0, 0.1) is 20.8 Å². The fraction of sp³-hybridized carbons (Fsp3) is 0.321. The summed E-state index contributed by atoms with van der Waals surface area (Å²) < 4.78 is 9.10. The standard InChI is InChI=1S/C28H28NO/c1-16-13-21-14-20(19-9-5-6-10-19)15-24-26(21)27(29(16)4)25-17(2)22-11-7-8-12-23(22)18(3)28(25)30-24/h7-8,11-15,19H,5-6,9-10H2,1-4H3/q+1. The molecule has 1 aromatic heterocycles.